The fourth-order valence-electron chi connectivity index (χ4n) is 2.89. The monoisotopic (exact) mass is 506 g/mol. The van der Waals surface area contributed by atoms with Crippen LogP contribution in [0.4, 0.5) is 23.0 Å². The van der Waals surface area contributed by atoms with Gasteiger partial charge in [0.2, 0.25) is 11.6 Å². The quantitative estimate of drug-likeness (QED) is 0.304. The van der Waals surface area contributed by atoms with Crippen molar-refractivity contribution < 1.29 is 23.9 Å². The summed E-state index contributed by atoms with van der Waals surface area (Å²) in [5, 5.41) is 15.2. The number of hydrazine groups is 1. The lowest BCUT2D eigenvalue weighted by Gasteiger charge is -2.19. The summed E-state index contributed by atoms with van der Waals surface area (Å²) in [5.74, 6) is 0.344. The van der Waals surface area contributed by atoms with Crippen molar-refractivity contribution in [1.29, 1.82) is 0 Å². The molecule has 4 rings (SSSR count). The first-order valence-corrected chi connectivity index (χ1v) is 10.4. The minimum Gasteiger partial charge on any atom is -0.486 e. The van der Waals surface area contributed by atoms with Crippen molar-refractivity contribution in [3.8, 4) is 17.2 Å². The number of benzene rings is 2. The molecule has 0 fully saturated rings. The molecule has 3 aromatic rings. The first-order valence-electron chi connectivity index (χ1n) is 9.69. The molecular formula is C20H16Cl2N6O6. The van der Waals surface area contributed by atoms with E-state index in [4.69, 9.17) is 37.4 Å². The topological polar surface area (TPSA) is 150 Å². The van der Waals surface area contributed by atoms with Gasteiger partial charge in [0.05, 0.1) is 9.95 Å². The molecule has 14 heteroatoms. The van der Waals surface area contributed by atoms with E-state index < -0.39 is 23.1 Å². The molecule has 1 aromatic heterocycles. The second-order valence-electron chi connectivity index (χ2n) is 6.70. The van der Waals surface area contributed by atoms with Crippen LogP contribution in [0.25, 0.3) is 0 Å². The molecular weight excluding hydrogens is 491 g/mol. The van der Waals surface area contributed by atoms with Crippen molar-refractivity contribution in [2.45, 2.75) is 0 Å². The van der Waals surface area contributed by atoms with Crippen LogP contribution in [0.1, 0.15) is 0 Å². The maximum Gasteiger partial charge on any atom is 0.355 e. The second-order valence-corrected chi connectivity index (χ2v) is 7.54. The Morgan fingerprint density at radius 3 is 2.62 bits per heavy atom. The fraction of sp³-hybridized carbons (Fsp3) is 0.150. The summed E-state index contributed by atoms with van der Waals surface area (Å²) in [5.41, 5.74) is 4.70. The van der Waals surface area contributed by atoms with Crippen molar-refractivity contribution in [1.82, 2.24) is 15.4 Å². The van der Waals surface area contributed by atoms with Gasteiger partial charge in [-0.1, -0.05) is 23.2 Å². The van der Waals surface area contributed by atoms with Crippen molar-refractivity contribution in [3.63, 3.8) is 0 Å². The highest BCUT2D eigenvalue weighted by Gasteiger charge is 2.24. The lowest BCUT2D eigenvalue weighted by Crippen LogP contribution is -2.34. The number of amides is 1. The van der Waals surface area contributed by atoms with E-state index in [-0.39, 0.29) is 22.4 Å². The molecule has 2 heterocycles. The van der Waals surface area contributed by atoms with Crippen LogP contribution in [0.2, 0.25) is 10.0 Å². The molecule has 0 saturated carbocycles. The Morgan fingerprint density at radius 2 is 1.85 bits per heavy atom. The molecule has 0 spiro atoms. The van der Waals surface area contributed by atoms with E-state index in [2.05, 4.69) is 26.1 Å². The summed E-state index contributed by atoms with van der Waals surface area (Å²) < 4.78 is 16.3. The Kier molecular flexibility index (Phi) is 6.99. The van der Waals surface area contributed by atoms with Gasteiger partial charge >= 0.3 is 5.69 Å². The van der Waals surface area contributed by atoms with E-state index in [1.807, 2.05) is 0 Å². The van der Waals surface area contributed by atoms with Gasteiger partial charge < -0.3 is 19.5 Å². The van der Waals surface area contributed by atoms with Crippen LogP contribution < -0.4 is 30.4 Å². The number of nitrogens with zero attached hydrogens (tertiary/aromatic N) is 3. The zero-order valence-electron chi connectivity index (χ0n) is 17.2. The van der Waals surface area contributed by atoms with E-state index in [1.54, 1.807) is 24.3 Å². The van der Waals surface area contributed by atoms with Crippen LogP contribution in [-0.4, -0.2) is 40.6 Å². The zero-order valence-corrected chi connectivity index (χ0v) is 18.7. The number of halogens is 2. The molecule has 1 aliphatic rings. The molecule has 176 valence electrons. The molecule has 3 N–H and O–H groups in total. The lowest BCUT2D eigenvalue weighted by atomic mass is 10.2. The molecule has 0 unspecified atom stereocenters. The number of nitro groups is 1. The number of hydrogen-bond donors (Lipinski definition) is 3. The van der Waals surface area contributed by atoms with Gasteiger partial charge in [-0.2, -0.15) is 0 Å². The predicted molar refractivity (Wildman–Crippen MR) is 123 cm³/mol. The third-order valence-corrected chi connectivity index (χ3v) is 4.91. The number of ether oxygens (including phenoxy) is 3. The lowest BCUT2D eigenvalue weighted by molar-refractivity contribution is -0.383. The van der Waals surface area contributed by atoms with E-state index >= 15 is 0 Å². The summed E-state index contributed by atoms with van der Waals surface area (Å²) >= 11 is 11.8. The number of rotatable bonds is 8. The molecule has 34 heavy (non-hydrogen) atoms. The smallest absolute Gasteiger partial charge is 0.355 e. The number of carbonyl (C=O) groups excluding carboxylic acids is 1. The van der Waals surface area contributed by atoms with Crippen molar-refractivity contribution in [2.24, 2.45) is 0 Å². The summed E-state index contributed by atoms with van der Waals surface area (Å²) in [6.07, 6.45) is 1.10. The summed E-state index contributed by atoms with van der Waals surface area (Å²) in [6, 6.07) is 9.50. The maximum atomic E-state index is 12.1. The van der Waals surface area contributed by atoms with Crippen LogP contribution in [0, 0.1) is 10.1 Å². The minimum absolute atomic E-state index is 0.0994. The van der Waals surface area contributed by atoms with E-state index in [0.29, 0.717) is 35.4 Å². The van der Waals surface area contributed by atoms with Crippen molar-refractivity contribution >= 4 is 52.1 Å². The number of hydrogen-bond acceptors (Lipinski definition) is 10. The van der Waals surface area contributed by atoms with Gasteiger partial charge in [0.25, 0.3) is 5.91 Å². The molecule has 0 atom stereocenters. The number of anilines is 3. The van der Waals surface area contributed by atoms with E-state index in [9.17, 15) is 14.9 Å². The summed E-state index contributed by atoms with van der Waals surface area (Å²) in [6.45, 7) is 0.414. The van der Waals surface area contributed by atoms with Gasteiger partial charge in [0.15, 0.2) is 18.1 Å². The Hall–Kier alpha value is -4.03. The highest BCUT2D eigenvalue weighted by molar-refractivity contribution is 6.35. The van der Waals surface area contributed by atoms with Crippen LogP contribution >= 0.6 is 23.2 Å². The standard InChI is InChI=1S/C20H16Cl2N6O6/c21-11-1-3-14(13(22)7-11)34-9-17(29)26-27-20-18(28(30)31)19(23-10-24-20)25-12-2-4-15-16(8-12)33-6-5-32-15/h1-4,7-8,10H,5-6,9H2,(H,26,29)(H2,23,24,25,27). The van der Waals surface area contributed by atoms with Gasteiger partial charge in [-0.05, 0) is 30.3 Å². The Labute approximate surface area is 202 Å². The molecule has 2 aromatic carbocycles. The second kappa shape index (κ2) is 10.3. The van der Waals surface area contributed by atoms with E-state index in [1.165, 1.54) is 12.1 Å². The Balaban J connectivity index is 1.43. The first kappa shape index (κ1) is 23.1. The van der Waals surface area contributed by atoms with Crippen LogP contribution in [0.15, 0.2) is 42.7 Å². The molecule has 12 nitrogen and oxygen atoms in total. The molecule has 0 bridgehead atoms. The normalized spacial score (nSPS) is 11.9. The third kappa shape index (κ3) is 5.47. The number of fused-ring (bicyclic) bond motifs is 1. The summed E-state index contributed by atoms with van der Waals surface area (Å²) in [4.78, 5) is 31.0. The summed E-state index contributed by atoms with van der Waals surface area (Å²) in [7, 11) is 0. The average Bonchev–Trinajstić information content (AvgIpc) is 2.82. The van der Waals surface area contributed by atoms with Crippen LogP contribution in [-0.2, 0) is 4.79 Å². The zero-order chi connectivity index (χ0) is 24.1. The maximum absolute atomic E-state index is 12.1. The molecule has 1 amide bonds. The van der Waals surface area contributed by atoms with Gasteiger partial charge in [-0.3, -0.25) is 25.8 Å². The van der Waals surface area contributed by atoms with Crippen LogP contribution in [0.3, 0.4) is 0 Å². The predicted octanol–water partition coefficient (Wildman–Crippen LogP) is 3.73. The number of carbonyl (C=O) groups is 1. The SMILES string of the molecule is O=C(COc1ccc(Cl)cc1Cl)NNc1ncnc(Nc2ccc3c(c2)OCCO3)c1[N+](=O)[O-]. The van der Waals surface area contributed by atoms with Crippen molar-refractivity contribution in [2.75, 3.05) is 30.6 Å². The molecule has 0 saturated heterocycles. The number of nitrogens with one attached hydrogen (secondary N) is 3. The fourth-order valence-corrected chi connectivity index (χ4v) is 3.36. The average molecular weight is 507 g/mol. The largest absolute Gasteiger partial charge is 0.486 e. The Morgan fingerprint density at radius 1 is 1.09 bits per heavy atom. The first-order chi connectivity index (χ1) is 16.4. The molecule has 0 radical (unpaired) electrons. The number of aromatic nitrogens is 2. The van der Waals surface area contributed by atoms with Gasteiger partial charge in [0, 0.05) is 16.8 Å². The van der Waals surface area contributed by atoms with Gasteiger partial charge in [-0.15, -0.1) is 0 Å². The van der Waals surface area contributed by atoms with Gasteiger partial charge in [-0.25, -0.2) is 9.97 Å². The van der Waals surface area contributed by atoms with E-state index in [0.717, 1.165) is 6.33 Å². The Bertz CT molecular complexity index is 1240. The third-order valence-electron chi connectivity index (χ3n) is 4.38. The molecule has 1 aliphatic heterocycles. The highest BCUT2D eigenvalue weighted by Crippen LogP contribution is 2.36. The molecule has 0 aliphatic carbocycles. The minimum atomic E-state index is -0.682. The van der Waals surface area contributed by atoms with Gasteiger partial charge in [0.1, 0.15) is 25.3 Å². The highest BCUT2D eigenvalue weighted by atomic mass is 35.5. The van der Waals surface area contributed by atoms with Crippen LogP contribution in [0.5, 0.6) is 17.2 Å². The van der Waals surface area contributed by atoms with Crippen molar-refractivity contribution in [3.05, 3.63) is 62.9 Å².